The fourth-order valence-corrected chi connectivity index (χ4v) is 3.60. The van der Waals surface area contributed by atoms with Crippen LogP contribution in [0.3, 0.4) is 0 Å². The Morgan fingerprint density at radius 1 is 0.939 bits per heavy atom. The summed E-state index contributed by atoms with van der Waals surface area (Å²) < 4.78 is 38.6. The van der Waals surface area contributed by atoms with Crippen LogP contribution in [-0.2, 0) is 17.4 Å². The highest BCUT2D eigenvalue weighted by Crippen LogP contribution is 2.29. The first-order valence-electron chi connectivity index (χ1n) is 10.4. The average Bonchev–Trinajstić information content (AvgIpc) is 2.83. The van der Waals surface area contributed by atoms with Crippen LogP contribution >= 0.6 is 0 Å². The number of rotatable bonds is 6. The van der Waals surface area contributed by atoms with Gasteiger partial charge >= 0.3 is 6.18 Å². The fraction of sp³-hybridized carbons (Fsp3) is 0.154. The SMILES string of the molecule is O=C([C@@H](O)c1ccccc1)N(CCc1ccc(C(F)(F)F)cc1)c1cnc2ccccc2c1. The van der Waals surface area contributed by atoms with Gasteiger partial charge < -0.3 is 10.0 Å². The minimum atomic E-state index is -4.41. The highest BCUT2D eigenvalue weighted by atomic mass is 19.4. The van der Waals surface area contributed by atoms with Gasteiger partial charge in [-0.3, -0.25) is 9.78 Å². The molecule has 0 fully saturated rings. The number of carbonyl (C=O) groups is 1. The van der Waals surface area contributed by atoms with E-state index in [2.05, 4.69) is 4.98 Å². The molecule has 0 spiro atoms. The van der Waals surface area contributed by atoms with Crippen LogP contribution in [0.15, 0.2) is 91.1 Å². The Morgan fingerprint density at radius 2 is 1.61 bits per heavy atom. The van der Waals surface area contributed by atoms with E-state index in [0.717, 1.165) is 23.0 Å². The number of aliphatic hydroxyl groups is 1. The van der Waals surface area contributed by atoms with Gasteiger partial charge in [0.2, 0.25) is 0 Å². The molecule has 1 aromatic heterocycles. The number of hydrogen-bond donors (Lipinski definition) is 1. The highest BCUT2D eigenvalue weighted by molar-refractivity contribution is 5.98. The molecule has 4 rings (SSSR count). The molecule has 0 saturated heterocycles. The number of nitrogens with zero attached hydrogens (tertiary/aromatic N) is 2. The molecule has 1 N–H and O–H groups in total. The quantitative estimate of drug-likeness (QED) is 0.418. The molecule has 0 radical (unpaired) electrons. The highest BCUT2D eigenvalue weighted by Gasteiger charge is 2.30. The maximum absolute atomic E-state index is 13.3. The molecule has 7 heteroatoms. The molecule has 0 aliphatic rings. The van der Waals surface area contributed by atoms with Crippen molar-refractivity contribution in [1.82, 2.24) is 4.98 Å². The summed E-state index contributed by atoms with van der Waals surface area (Å²) in [5.41, 5.74) is 1.64. The predicted octanol–water partition coefficient (Wildman–Crippen LogP) is 5.56. The van der Waals surface area contributed by atoms with E-state index in [1.807, 2.05) is 30.3 Å². The Balaban J connectivity index is 1.62. The average molecular weight is 450 g/mol. The minimum absolute atomic E-state index is 0.161. The van der Waals surface area contributed by atoms with Crippen LogP contribution in [0, 0.1) is 0 Å². The van der Waals surface area contributed by atoms with Crippen LogP contribution in [0.25, 0.3) is 10.9 Å². The Hall–Kier alpha value is -3.71. The van der Waals surface area contributed by atoms with E-state index in [1.165, 1.54) is 17.0 Å². The first-order chi connectivity index (χ1) is 15.8. The topological polar surface area (TPSA) is 53.4 Å². The lowest BCUT2D eigenvalue weighted by Crippen LogP contribution is -2.37. The van der Waals surface area contributed by atoms with Gasteiger partial charge in [-0.05, 0) is 41.8 Å². The van der Waals surface area contributed by atoms with Crippen molar-refractivity contribution in [1.29, 1.82) is 0 Å². The van der Waals surface area contributed by atoms with Gasteiger partial charge in [-0.25, -0.2) is 0 Å². The van der Waals surface area contributed by atoms with Crippen LogP contribution in [0.4, 0.5) is 18.9 Å². The molecule has 0 aliphatic heterocycles. The zero-order chi connectivity index (χ0) is 23.4. The van der Waals surface area contributed by atoms with Crippen molar-refractivity contribution in [2.45, 2.75) is 18.7 Å². The summed E-state index contributed by atoms with van der Waals surface area (Å²) in [5, 5.41) is 11.6. The first kappa shape index (κ1) is 22.5. The van der Waals surface area contributed by atoms with Gasteiger partial charge in [-0.15, -0.1) is 0 Å². The standard InChI is InChI=1S/C26H21F3N2O2/c27-26(28,29)21-12-10-18(11-13-21)14-15-31(25(33)24(32)19-6-2-1-3-7-19)22-16-20-8-4-5-9-23(20)30-17-22/h1-13,16-17,24,32H,14-15H2/t24-/m0/s1. The summed E-state index contributed by atoms with van der Waals surface area (Å²) >= 11 is 0. The smallest absolute Gasteiger partial charge is 0.378 e. The van der Waals surface area contributed by atoms with Crippen LogP contribution < -0.4 is 4.90 Å². The van der Waals surface area contributed by atoms with Crippen LogP contribution in [0.2, 0.25) is 0 Å². The molecule has 4 aromatic rings. The van der Waals surface area contributed by atoms with Crippen molar-refractivity contribution in [2.24, 2.45) is 0 Å². The van der Waals surface area contributed by atoms with Crippen LogP contribution in [-0.4, -0.2) is 22.5 Å². The second-order valence-electron chi connectivity index (χ2n) is 7.63. The Kier molecular flexibility index (Phi) is 6.42. The number of para-hydroxylation sites is 1. The second kappa shape index (κ2) is 9.42. The summed E-state index contributed by atoms with van der Waals surface area (Å²) in [7, 11) is 0. The maximum Gasteiger partial charge on any atom is 0.416 e. The summed E-state index contributed by atoms with van der Waals surface area (Å²) in [4.78, 5) is 19.1. The number of halogens is 3. The zero-order valence-electron chi connectivity index (χ0n) is 17.5. The van der Waals surface area contributed by atoms with Crippen molar-refractivity contribution < 1.29 is 23.1 Å². The summed E-state index contributed by atoms with van der Waals surface area (Å²) in [5.74, 6) is -0.537. The molecule has 1 amide bonds. The number of anilines is 1. The Bertz CT molecular complexity index is 1240. The van der Waals surface area contributed by atoms with E-state index >= 15 is 0 Å². The molecule has 0 unspecified atom stereocenters. The summed E-state index contributed by atoms with van der Waals surface area (Å²) in [6.07, 6.45) is -3.93. The Morgan fingerprint density at radius 3 is 2.30 bits per heavy atom. The maximum atomic E-state index is 13.3. The van der Waals surface area contributed by atoms with E-state index in [0.29, 0.717) is 23.2 Å². The van der Waals surface area contributed by atoms with Crippen LogP contribution in [0.1, 0.15) is 22.8 Å². The summed E-state index contributed by atoms with van der Waals surface area (Å²) in [6.45, 7) is 0.161. The fourth-order valence-electron chi connectivity index (χ4n) is 3.60. The van der Waals surface area contributed by atoms with Crippen molar-refractivity contribution >= 4 is 22.5 Å². The largest absolute Gasteiger partial charge is 0.416 e. The normalized spacial score (nSPS) is 12.5. The van der Waals surface area contributed by atoms with Gasteiger partial charge in [0.1, 0.15) is 0 Å². The van der Waals surface area contributed by atoms with Crippen molar-refractivity contribution in [3.05, 3.63) is 108 Å². The van der Waals surface area contributed by atoms with E-state index < -0.39 is 23.8 Å². The lowest BCUT2D eigenvalue weighted by Gasteiger charge is -2.26. The number of fused-ring (bicyclic) bond motifs is 1. The third-order valence-electron chi connectivity index (χ3n) is 5.41. The van der Waals surface area contributed by atoms with Gasteiger partial charge in [-0.1, -0.05) is 60.7 Å². The molecule has 4 nitrogen and oxygen atoms in total. The molecular weight excluding hydrogens is 429 g/mol. The van der Waals surface area contributed by atoms with Gasteiger partial charge in [0.25, 0.3) is 5.91 Å². The number of hydrogen-bond acceptors (Lipinski definition) is 3. The number of amides is 1. The third-order valence-corrected chi connectivity index (χ3v) is 5.41. The lowest BCUT2D eigenvalue weighted by atomic mass is 10.1. The number of aliphatic hydroxyl groups excluding tert-OH is 1. The second-order valence-corrected chi connectivity index (χ2v) is 7.63. The number of benzene rings is 3. The summed E-state index contributed by atoms with van der Waals surface area (Å²) in [6, 6.07) is 22.7. The lowest BCUT2D eigenvalue weighted by molar-refractivity contribution is -0.137. The molecule has 0 aliphatic carbocycles. The molecule has 168 valence electrons. The molecule has 0 bridgehead atoms. The molecule has 0 saturated carbocycles. The van der Waals surface area contributed by atoms with E-state index in [1.54, 1.807) is 36.5 Å². The van der Waals surface area contributed by atoms with Gasteiger partial charge in [-0.2, -0.15) is 13.2 Å². The number of aromatic nitrogens is 1. The molecular formula is C26H21F3N2O2. The number of alkyl halides is 3. The van der Waals surface area contributed by atoms with Crippen molar-refractivity contribution in [2.75, 3.05) is 11.4 Å². The van der Waals surface area contributed by atoms with Gasteiger partial charge in [0, 0.05) is 11.9 Å². The number of carbonyl (C=O) groups excluding carboxylic acids is 1. The third kappa shape index (κ3) is 5.21. The molecule has 1 atom stereocenters. The molecule has 3 aromatic carbocycles. The first-order valence-corrected chi connectivity index (χ1v) is 10.4. The molecule has 1 heterocycles. The van der Waals surface area contributed by atoms with Crippen LogP contribution in [0.5, 0.6) is 0 Å². The van der Waals surface area contributed by atoms with Crippen molar-refractivity contribution in [3.8, 4) is 0 Å². The monoisotopic (exact) mass is 450 g/mol. The van der Waals surface area contributed by atoms with Gasteiger partial charge in [0.15, 0.2) is 6.10 Å². The van der Waals surface area contributed by atoms with E-state index in [-0.39, 0.29) is 6.54 Å². The van der Waals surface area contributed by atoms with E-state index in [9.17, 15) is 23.1 Å². The Labute approximate surface area is 188 Å². The minimum Gasteiger partial charge on any atom is -0.378 e. The molecule has 33 heavy (non-hydrogen) atoms. The number of pyridine rings is 1. The van der Waals surface area contributed by atoms with E-state index in [4.69, 9.17) is 0 Å². The zero-order valence-corrected chi connectivity index (χ0v) is 17.5. The predicted molar refractivity (Wildman–Crippen MR) is 121 cm³/mol. The van der Waals surface area contributed by atoms with Crippen molar-refractivity contribution in [3.63, 3.8) is 0 Å². The van der Waals surface area contributed by atoms with Gasteiger partial charge in [0.05, 0.1) is 23.0 Å².